The maximum absolute atomic E-state index is 10.9. The minimum atomic E-state index is -1.29. The number of fused-ring (bicyclic) bond motifs is 1. The summed E-state index contributed by atoms with van der Waals surface area (Å²) in [5, 5.41) is 21.2. The molecule has 4 N–H and O–H groups in total. The van der Waals surface area contributed by atoms with E-state index in [0.29, 0.717) is 17.9 Å². The Labute approximate surface area is 139 Å². The molecule has 1 fully saturated rings. The number of aromatic nitrogens is 1. The largest absolute Gasteiger partial charge is 0.436 e. The minimum Gasteiger partial charge on any atom is -0.436 e. The van der Waals surface area contributed by atoms with Gasteiger partial charge in [0, 0.05) is 11.6 Å². The van der Waals surface area contributed by atoms with Gasteiger partial charge < -0.3 is 20.4 Å². The second kappa shape index (κ2) is 5.70. The molecular weight excluding hydrogens is 304 g/mol. The predicted molar refractivity (Wildman–Crippen MR) is 91.2 cm³/mol. The molecule has 5 nitrogen and oxygen atoms in total. The van der Waals surface area contributed by atoms with Gasteiger partial charge in [-0.25, -0.2) is 4.98 Å². The molecule has 1 heterocycles. The summed E-state index contributed by atoms with van der Waals surface area (Å²) >= 11 is 0. The van der Waals surface area contributed by atoms with Gasteiger partial charge in [-0.1, -0.05) is 24.3 Å². The van der Waals surface area contributed by atoms with Crippen LogP contribution in [0.4, 0.5) is 0 Å². The first kappa shape index (κ1) is 15.3. The second-order valence-electron chi connectivity index (χ2n) is 6.49. The second-order valence-corrected chi connectivity index (χ2v) is 6.49. The van der Waals surface area contributed by atoms with Gasteiger partial charge in [0.25, 0.3) is 0 Å². The zero-order chi connectivity index (χ0) is 16.7. The predicted octanol–water partition coefficient (Wildman–Crippen LogP) is 2.55. The first-order valence-electron chi connectivity index (χ1n) is 8.20. The summed E-state index contributed by atoms with van der Waals surface area (Å²) in [6, 6.07) is 14.5. The zero-order valence-corrected chi connectivity index (χ0v) is 13.2. The van der Waals surface area contributed by atoms with E-state index in [1.54, 1.807) is 0 Å². The summed E-state index contributed by atoms with van der Waals surface area (Å²) in [5.74, 6) is 0.538. The standard InChI is InChI=1S/C19H20N2O3/c20-14-4-3-11-19(23,17(14)22)13-9-7-12(8-10-13)18-21-15-5-1-2-6-16(15)24-18/h1-2,5-10,14,17,22-23H,3-4,11,20H2. The van der Waals surface area contributed by atoms with Crippen LogP contribution in [0.1, 0.15) is 24.8 Å². The number of aliphatic hydroxyl groups is 2. The van der Waals surface area contributed by atoms with Crippen LogP contribution in [0.3, 0.4) is 0 Å². The Balaban J connectivity index is 1.67. The molecule has 0 bridgehead atoms. The number of benzene rings is 2. The van der Waals surface area contributed by atoms with Crippen molar-refractivity contribution in [2.24, 2.45) is 5.73 Å². The van der Waals surface area contributed by atoms with Gasteiger partial charge in [0.2, 0.25) is 5.89 Å². The molecule has 0 spiro atoms. The molecule has 24 heavy (non-hydrogen) atoms. The molecule has 1 aliphatic rings. The fourth-order valence-electron chi connectivity index (χ4n) is 3.48. The van der Waals surface area contributed by atoms with Crippen LogP contribution in [-0.4, -0.2) is 27.3 Å². The molecule has 2 aromatic carbocycles. The molecule has 124 valence electrons. The molecule has 3 unspecified atom stereocenters. The number of rotatable bonds is 2. The Morgan fingerprint density at radius 3 is 2.62 bits per heavy atom. The SMILES string of the molecule is NC1CCCC(O)(c2ccc(-c3nc4ccccc4o3)cc2)C1O. The topological polar surface area (TPSA) is 92.5 Å². The Bertz CT molecular complexity index is 825. The van der Waals surface area contributed by atoms with Crippen molar-refractivity contribution in [3.8, 4) is 11.5 Å². The number of para-hydroxylation sites is 2. The lowest BCUT2D eigenvalue weighted by Gasteiger charge is -2.40. The molecule has 0 amide bonds. The average Bonchev–Trinajstić information content (AvgIpc) is 3.04. The summed E-state index contributed by atoms with van der Waals surface area (Å²) < 4.78 is 5.76. The molecule has 1 aromatic heterocycles. The number of nitrogens with two attached hydrogens (primary N) is 1. The van der Waals surface area contributed by atoms with Crippen LogP contribution < -0.4 is 5.73 Å². The van der Waals surface area contributed by atoms with E-state index in [9.17, 15) is 10.2 Å². The van der Waals surface area contributed by atoms with E-state index in [-0.39, 0.29) is 0 Å². The van der Waals surface area contributed by atoms with Crippen LogP contribution in [0.2, 0.25) is 0 Å². The number of hydrogen-bond acceptors (Lipinski definition) is 5. The van der Waals surface area contributed by atoms with Gasteiger partial charge in [0.1, 0.15) is 17.2 Å². The van der Waals surface area contributed by atoms with Crippen LogP contribution in [0.25, 0.3) is 22.6 Å². The van der Waals surface area contributed by atoms with Crippen molar-refractivity contribution >= 4 is 11.1 Å². The van der Waals surface area contributed by atoms with Gasteiger partial charge in [-0.05, 0) is 49.1 Å². The van der Waals surface area contributed by atoms with E-state index < -0.39 is 17.7 Å². The van der Waals surface area contributed by atoms with Crippen molar-refractivity contribution in [3.63, 3.8) is 0 Å². The summed E-state index contributed by atoms with van der Waals surface area (Å²) in [5.41, 5.74) is 7.67. The summed E-state index contributed by atoms with van der Waals surface area (Å²) in [4.78, 5) is 4.47. The van der Waals surface area contributed by atoms with Gasteiger partial charge >= 0.3 is 0 Å². The summed E-state index contributed by atoms with van der Waals surface area (Å²) in [7, 11) is 0. The minimum absolute atomic E-state index is 0.402. The third-order valence-corrected chi connectivity index (χ3v) is 4.92. The zero-order valence-electron chi connectivity index (χ0n) is 13.2. The fraction of sp³-hybridized carbons (Fsp3) is 0.316. The fourth-order valence-corrected chi connectivity index (χ4v) is 3.48. The van der Waals surface area contributed by atoms with Crippen LogP contribution in [0.5, 0.6) is 0 Å². The first-order chi connectivity index (χ1) is 11.6. The Kier molecular flexibility index (Phi) is 3.64. The number of oxazole rings is 1. The van der Waals surface area contributed by atoms with Crippen LogP contribution >= 0.6 is 0 Å². The molecule has 0 aliphatic heterocycles. The molecule has 0 saturated heterocycles. The van der Waals surface area contributed by atoms with E-state index in [1.165, 1.54) is 0 Å². The highest BCUT2D eigenvalue weighted by Gasteiger charge is 2.43. The maximum atomic E-state index is 10.9. The lowest BCUT2D eigenvalue weighted by Crippen LogP contribution is -2.53. The van der Waals surface area contributed by atoms with Gasteiger partial charge in [-0.3, -0.25) is 0 Å². The quantitative estimate of drug-likeness (QED) is 0.674. The van der Waals surface area contributed by atoms with Crippen molar-refractivity contribution in [2.75, 3.05) is 0 Å². The van der Waals surface area contributed by atoms with Gasteiger partial charge in [0.15, 0.2) is 5.58 Å². The van der Waals surface area contributed by atoms with E-state index in [4.69, 9.17) is 10.2 Å². The van der Waals surface area contributed by atoms with Crippen molar-refractivity contribution in [1.82, 2.24) is 4.98 Å². The number of aliphatic hydroxyl groups excluding tert-OH is 1. The van der Waals surface area contributed by atoms with Gasteiger partial charge in [-0.2, -0.15) is 0 Å². The highest BCUT2D eigenvalue weighted by molar-refractivity contribution is 5.75. The van der Waals surface area contributed by atoms with E-state index in [1.807, 2.05) is 48.5 Å². The molecular formula is C19H20N2O3. The maximum Gasteiger partial charge on any atom is 0.227 e. The smallest absolute Gasteiger partial charge is 0.227 e. The van der Waals surface area contributed by atoms with Crippen molar-refractivity contribution in [1.29, 1.82) is 0 Å². The molecule has 0 radical (unpaired) electrons. The molecule has 3 aromatic rings. The van der Waals surface area contributed by atoms with Crippen LogP contribution in [-0.2, 0) is 5.60 Å². The lowest BCUT2D eigenvalue weighted by molar-refractivity contribution is -0.114. The summed E-state index contributed by atoms with van der Waals surface area (Å²) in [6.07, 6.45) is 1.07. The molecule has 1 aliphatic carbocycles. The summed E-state index contributed by atoms with van der Waals surface area (Å²) in [6.45, 7) is 0. The van der Waals surface area contributed by atoms with E-state index >= 15 is 0 Å². The highest BCUT2D eigenvalue weighted by atomic mass is 16.3. The average molecular weight is 324 g/mol. The van der Waals surface area contributed by atoms with Crippen molar-refractivity contribution in [3.05, 3.63) is 54.1 Å². The van der Waals surface area contributed by atoms with Crippen molar-refractivity contribution < 1.29 is 14.6 Å². The Hall–Kier alpha value is -2.21. The van der Waals surface area contributed by atoms with Crippen LogP contribution in [0.15, 0.2) is 52.9 Å². The number of nitrogens with zero attached hydrogens (tertiary/aromatic N) is 1. The lowest BCUT2D eigenvalue weighted by atomic mass is 9.75. The molecule has 4 rings (SSSR count). The highest BCUT2D eigenvalue weighted by Crippen LogP contribution is 2.37. The third-order valence-electron chi connectivity index (χ3n) is 4.92. The van der Waals surface area contributed by atoms with Crippen molar-refractivity contribution in [2.45, 2.75) is 37.0 Å². The van der Waals surface area contributed by atoms with Crippen LogP contribution in [0, 0.1) is 0 Å². The monoisotopic (exact) mass is 324 g/mol. The molecule has 1 saturated carbocycles. The number of hydrogen-bond donors (Lipinski definition) is 3. The van der Waals surface area contributed by atoms with E-state index in [2.05, 4.69) is 4.98 Å². The Morgan fingerprint density at radius 2 is 1.88 bits per heavy atom. The Morgan fingerprint density at radius 1 is 1.12 bits per heavy atom. The van der Waals surface area contributed by atoms with E-state index in [0.717, 1.165) is 29.5 Å². The molecule has 3 atom stereocenters. The van der Waals surface area contributed by atoms with Gasteiger partial charge in [-0.15, -0.1) is 0 Å². The third kappa shape index (κ3) is 2.41. The normalized spacial score (nSPS) is 27.5. The van der Waals surface area contributed by atoms with Gasteiger partial charge in [0.05, 0.1) is 0 Å². The first-order valence-corrected chi connectivity index (χ1v) is 8.20. The molecule has 5 heteroatoms.